The Morgan fingerprint density at radius 2 is 1.73 bits per heavy atom. The number of ether oxygens (including phenoxy) is 2. The van der Waals surface area contributed by atoms with Crippen LogP contribution in [-0.4, -0.2) is 33.2 Å². The number of benzene rings is 2. The van der Waals surface area contributed by atoms with E-state index in [1.807, 2.05) is 47.2 Å². The van der Waals surface area contributed by atoms with E-state index in [2.05, 4.69) is 15.3 Å². The third-order valence-corrected chi connectivity index (χ3v) is 6.84. The van der Waals surface area contributed by atoms with Crippen molar-refractivity contribution in [1.82, 2.24) is 20.0 Å². The Hall–Kier alpha value is -1.96. The molecule has 1 fully saturated rings. The number of halogens is 4. The lowest BCUT2D eigenvalue weighted by Crippen LogP contribution is -2.19. The first-order valence-electron chi connectivity index (χ1n) is 11.9. The van der Waals surface area contributed by atoms with Crippen molar-refractivity contribution < 1.29 is 9.47 Å². The van der Waals surface area contributed by atoms with Crippen molar-refractivity contribution in [3.63, 3.8) is 0 Å². The lowest BCUT2D eigenvalue weighted by atomic mass is 10.2. The maximum atomic E-state index is 6.03. The van der Waals surface area contributed by atoms with Gasteiger partial charge in [0.1, 0.15) is 0 Å². The van der Waals surface area contributed by atoms with Crippen molar-refractivity contribution in [2.24, 2.45) is 0 Å². The summed E-state index contributed by atoms with van der Waals surface area (Å²) in [5.74, 6) is 0.813. The van der Waals surface area contributed by atoms with Gasteiger partial charge in [-0.15, -0.1) is 23.2 Å². The first-order valence-corrected chi connectivity index (χ1v) is 13.7. The van der Waals surface area contributed by atoms with Crippen LogP contribution in [0.1, 0.15) is 57.1 Å². The third kappa shape index (κ3) is 7.78. The van der Waals surface area contributed by atoms with Gasteiger partial charge in [-0.3, -0.25) is 5.10 Å². The molecule has 6 rings (SSSR count). The van der Waals surface area contributed by atoms with E-state index in [1.54, 1.807) is 6.26 Å². The Balaban J connectivity index is 0.000000172. The maximum Gasteiger partial charge on any atom is 0.150 e. The van der Waals surface area contributed by atoms with Gasteiger partial charge in [0.05, 0.1) is 47.1 Å². The number of hydrogen-bond donors (Lipinski definition) is 1. The SMILES string of the molecule is C.C1=COCCC1.ClCc1[nH]nc2ccc(Cl)cc12.ClCc1nn(C2CCCCO2)c2ccc(Cl)cc12. The van der Waals surface area contributed by atoms with Crippen LogP contribution < -0.4 is 0 Å². The minimum absolute atomic E-state index is 0. The molecule has 1 atom stereocenters. The number of nitrogens with one attached hydrogen (secondary N) is 1. The zero-order valence-corrected chi connectivity index (χ0v) is 22.8. The summed E-state index contributed by atoms with van der Waals surface area (Å²) < 4.78 is 12.6. The molecule has 0 aliphatic carbocycles. The zero-order valence-electron chi connectivity index (χ0n) is 19.7. The fourth-order valence-corrected chi connectivity index (χ4v) is 4.78. The van der Waals surface area contributed by atoms with Crippen LogP contribution in [0, 0.1) is 0 Å². The number of rotatable bonds is 3. The van der Waals surface area contributed by atoms with Gasteiger partial charge >= 0.3 is 0 Å². The summed E-state index contributed by atoms with van der Waals surface area (Å²) in [5, 5.41) is 14.9. The van der Waals surface area contributed by atoms with E-state index in [9.17, 15) is 0 Å². The molecule has 0 radical (unpaired) electrons. The smallest absolute Gasteiger partial charge is 0.150 e. The topological polar surface area (TPSA) is 65.0 Å². The molecule has 1 N–H and O–H groups in total. The van der Waals surface area contributed by atoms with Crippen molar-refractivity contribution in [2.45, 2.75) is 57.5 Å². The van der Waals surface area contributed by atoms with Crippen molar-refractivity contribution in [3.8, 4) is 0 Å². The summed E-state index contributed by atoms with van der Waals surface area (Å²) in [4.78, 5) is 0. The fourth-order valence-electron chi connectivity index (χ4n) is 4.04. The molecule has 0 saturated carbocycles. The van der Waals surface area contributed by atoms with Gasteiger partial charge in [0.25, 0.3) is 0 Å². The van der Waals surface area contributed by atoms with E-state index in [1.165, 1.54) is 19.3 Å². The number of allylic oxidation sites excluding steroid dienone is 1. The lowest BCUT2D eigenvalue weighted by Gasteiger charge is -2.23. The van der Waals surface area contributed by atoms with E-state index in [0.29, 0.717) is 21.8 Å². The Morgan fingerprint density at radius 3 is 2.32 bits per heavy atom. The molecule has 1 saturated heterocycles. The molecule has 10 heteroatoms. The highest BCUT2D eigenvalue weighted by molar-refractivity contribution is 6.31. The first kappa shape index (κ1) is 29.6. The normalized spacial score (nSPS) is 16.7. The first-order chi connectivity index (χ1) is 17.6. The molecular formula is C27H32Cl4N4O2. The van der Waals surface area contributed by atoms with Gasteiger partial charge in [-0.05, 0) is 74.6 Å². The van der Waals surface area contributed by atoms with Crippen LogP contribution in [0.5, 0.6) is 0 Å². The van der Waals surface area contributed by atoms with Crippen LogP contribution in [0.25, 0.3) is 21.8 Å². The van der Waals surface area contributed by atoms with Gasteiger partial charge in [-0.1, -0.05) is 30.6 Å². The van der Waals surface area contributed by atoms with Crippen LogP contribution in [-0.2, 0) is 21.2 Å². The molecule has 0 spiro atoms. The van der Waals surface area contributed by atoms with E-state index < -0.39 is 0 Å². The molecule has 0 bridgehead atoms. The van der Waals surface area contributed by atoms with Crippen LogP contribution in [0.2, 0.25) is 10.0 Å². The minimum Gasteiger partial charge on any atom is -0.502 e. The highest BCUT2D eigenvalue weighted by Gasteiger charge is 2.20. The second-order valence-corrected chi connectivity index (χ2v) is 9.80. The number of H-pyrrole nitrogens is 1. The number of fused-ring (bicyclic) bond motifs is 2. The van der Waals surface area contributed by atoms with E-state index >= 15 is 0 Å². The molecule has 2 aromatic carbocycles. The Labute approximate surface area is 237 Å². The Kier molecular flexibility index (Phi) is 11.9. The van der Waals surface area contributed by atoms with Crippen LogP contribution >= 0.6 is 46.4 Å². The van der Waals surface area contributed by atoms with E-state index in [0.717, 1.165) is 59.2 Å². The average Bonchev–Trinajstić information content (AvgIpc) is 3.51. The van der Waals surface area contributed by atoms with Crippen molar-refractivity contribution in [2.75, 3.05) is 13.2 Å². The van der Waals surface area contributed by atoms with Gasteiger partial charge in [0.2, 0.25) is 0 Å². The molecule has 6 nitrogen and oxygen atoms in total. The fraction of sp³-hybridized carbons (Fsp3) is 0.407. The highest BCUT2D eigenvalue weighted by atomic mass is 35.5. The van der Waals surface area contributed by atoms with Crippen molar-refractivity contribution >= 4 is 68.2 Å². The summed E-state index contributed by atoms with van der Waals surface area (Å²) in [6.45, 7) is 1.71. The van der Waals surface area contributed by atoms with E-state index in [4.69, 9.17) is 55.9 Å². The van der Waals surface area contributed by atoms with Gasteiger partial charge in [-0.2, -0.15) is 10.2 Å². The minimum atomic E-state index is 0. The van der Waals surface area contributed by atoms with Crippen LogP contribution in [0.15, 0.2) is 48.7 Å². The Morgan fingerprint density at radius 1 is 0.946 bits per heavy atom. The van der Waals surface area contributed by atoms with Gasteiger partial charge in [-0.25, -0.2) is 4.68 Å². The van der Waals surface area contributed by atoms with Crippen LogP contribution in [0.4, 0.5) is 0 Å². The van der Waals surface area contributed by atoms with E-state index in [-0.39, 0.29) is 13.7 Å². The summed E-state index contributed by atoms with van der Waals surface area (Å²) >= 11 is 23.5. The standard InChI is InChI=1S/C13H14Cl2N2O.C8H6Cl2N2.C5H8O.CH4/c14-8-11-10-7-9(15)4-5-12(10)17(16-11)13-3-1-2-6-18-13;9-4-8-6-3-5(10)1-2-7(6)11-12-8;1-2-4-6-5-3-1;/h4-5,7,13H,1-3,6,8H2;1-3H,4H2,(H,11,12);2,4H,1,3,5H2;1H4. The molecule has 0 amide bonds. The predicted molar refractivity (Wildman–Crippen MR) is 155 cm³/mol. The monoisotopic (exact) mass is 584 g/mol. The van der Waals surface area contributed by atoms with Gasteiger partial charge in [0, 0.05) is 27.4 Å². The number of alkyl halides is 2. The lowest BCUT2D eigenvalue weighted by molar-refractivity contribution is -0.0368. The molecule has 2 aliphatic rings. The number of nitrogens with zero attached hydrogens (tertiary/aromatic N) is 3. The van der Waals surface area contributed by atoms with Gasteiger partial charge < -0.3 is 9.47 Å². The van der Waals surface area contributed by atoms with Crippen molar-refractivity contribution in [3.05, 3.63) is 70.2 Å². The number of aromatic amines is 1. The Bertz CT molecular complexity index is 1290. The number of aromatic nitrogens is 4. The molecular weight excluding hydrogens is 554 g/mol. The quantitative estimate of drug-likeness (QED) is 0.243. The molecule has 200 valence electrons. The molecule has 37 heavy (non-hydrogen) atoms. The summed E-state index contributed by atoms with van der Waals surface area (Å²) in [6, 6.07) is 11.3. The number of hydrogen-bond acceptors (Lipinski definition) is 4. The highest BCUT2D eigenvalue weighted by Crippen LogP contribution is 2.30. The molecule has 4 aromatic rings. The largest absolute Gasteiger partial charge is 0.502 e. The zero-order chi connectivity index (χ0) is 25.3. The summed E-state index contributed by atoms with van der Waals surface area (Å²) in [6.07, 6.45) is 9.53. The molecule has 2 aromatic heterocycles. The molecule has 2 aliphatic heterocycles. The summed E-state index contributed by atoms with van der Waals surface area (Å²) in [7, 11) is 0. The second kappa shape index (κ2) is 14.8. The maximum absolute atomic E-state index is 6.03. The summed E-state index contributed by atoms with van der Waals surface area (Å²) in [5.41, 5.74) is 3.72. The van der Waals surface area contributed by atoms with Crippen LogP contribution in [0.3, 0.4) is 0 Å². The molecule has 4 heterocycles. The molecule has 1 unspecified atom stereocenters. The average molecular weight is 586 g/mol. The second-order valence-electron chi connectivity index (χ2n) is 8.39. The third-order valence-electron chi connectivity index (χ3n) is 5.85. The van der Waals surface area contributed by atoms with Gasteiger partial charge in [0.15, 0.2) is 6.23 Å². The van der Waals surface area contributed by atoms with Crippen molar-refractivity contribution in [1.29, 1.82) is 0 Å². The predicted octanol–water partition coefficient (Wildman–Crippen LogP) is 9.03.